The highest BCUT2D eigenvalue weighted by atomic mass is 16.5. The molecule has 0 bridgehead atoms. The molecule has 0 heterocycles. The summed E-state index contributed by atoms with van der Waals surface area (Å²) >= 11 is 0. The lowest BCUT2D eigenvalue weighted by molar-refractivity contribution is -0.137. The molecule has 0 saturated carbocycles. The van der Waals surface area contributed by atoms with Crippen LogP contribution in [0.2, 0.25) is 0 Å². The molecule has 0 saturated heterocycles. The lowest BCUT2D eigenvalue weighted by Gasteiger charge is -2.20. The van der Waals surface area contributed by atoms with Crippen LogP contribution in [0, 0.1) is 0 Å². The lowest BCUT2D eigenvalue weighted by Crippen LogP contribution is -2.37. The van der Waals surface area contributed by atoms with Crippen LogP contribution in [-0.4, -0.2) is 35.7 Å². The van der Waals surface area contributed by atoms with Gasteiger partial charge < -0.3 is 20.5 Å². The molecule has 7 nitrogen and oxygen atoms in total. The predicted octanol–water partition coefficient (Wildman–Crippen LogP) is 4.96. The highest BCUT2D eigenvalue weighted by molar-refractivity contribution is 5.88. The van der Waals surface area contributed by atoms with Gasteiger partial charge in [0.1, 0.15) is 6.61 Å². The Kier molecular flexibility index (Phi) is 7.45. The summed E-state index contributed by atoms with van der Waals surface area (Å²) < 4.78 is 5.63. The molecule has 3 aromatic rings. The number of benzene rings is 3. The van der Waals surface area contributed by atoms with Gasteiger partial charge in [-0.15, -0.1) is 0 Å². The number of ether oxygens (including phenoxy) is 1. The van der Waals surface area contributed by atoms with E-state index < -0.39 is 18.1 Å². The van der Waals surface area contributed by atoms with E-state index in [4.69, 9.17) is 9.84 Å². The fourth-order valence-electron chi connectivity index (χ4n) is 4.54. The molecule has 0 spiro atoms. The van der Waals surface area contributed by atoms with Crippen LogP contribution in [0.3, 0.4) is 0 Å². The third-order valence-corrected chi connectivity index (χ3v) is 6.13. The minimum Gasteiger partial charge on any atom is -0.481 e. The van der Waals surface area contributed by atoms with Crippen molar-refractivity contribution < 1.29 is 24.2 Å². The highest BCUT2D eigenvalue weighted by Crippen LogP contribution is 2.44. The molecule has 3 aromatic carbocycles. The summed E-state index contributed by atoms with van der Waals surface area (Å²) in [4.78, 5) is 35.1. The van der Waals surface area contributed by atoms with Crippen LogP contribution in [0.1, 0.15) is 42.4 Å². The first-order valence-corrected chi connectivity index (χ1v) is 11.6. The van der Waals surface area contributed by atoms with E-state index >= 15 is 0 Å². The molecule has 180 valence electrons. The quantitative estimate of drug-likeness (QED) is 0.408. The summed E-state index contributed by atoms with van der Waals surface area (Å²) in [6, 6.07) is 23.1. The molecule has 35 heavy (non-hydrogen) atoms. The number of carboxylic acids is 1. The second kappa shape index (κ2) is 10.9. The Morgan fingerprint density at radius 3 is 2.09 bits per heavy atom. The van der Waals surface area contributed by atoms with Crippen LogP contribution in [-0.2, 0) is 20.7 Å². The van der Waals surface area contributed by atoms with Crippen molar-refractivity contribution in [1.82, 2.24) is 5.32 Å². The maximum Gasteiger partial charge on any atom is 0.407 e. The van der Waals surface area contributed by atoms with E-state index in [1.165, 1.54) is 6.92 Å². The smallest absolute Gasteiger partial charge is 0.407 e. The molecule has 4 rings (SSSR count). The van der Waals surface area contributed by atoms with Gasteiger partial charge in [-0.25, -0.2) is 4.79 Å². The number of hydrogen-bond acceptors (Lipinski definition) is 4. The topological polar surface area (TPSA) is 105 Å². The summed E-state index contributed by atoms with van der Waals surface area (Å²) in [7, 11) is 0. The van der Waals surface area contributed by atoms with Gasteiger partial charge in [0.25, 0.3) is 0 Å². The number of carboxylic acid groups (broad SMARTS) is 1. The van der Waals surface area contributed by atoms with E-state index in [1.54, 1.807) is 12.1 Å². The van der Waals surface area contributed by atoms with E-state index in [-0.39, 0.29) is 31.3 Å². The van der Waals surface area contributed by atoms with Gasteiger partial charge in [-0.2, -0.15) is 0 Å². The van der Waals surface area contributed by atoms with Gasteiger partial charge in [0.2, 0.25) is 5.91 Å². The molecular formula is C28H28N2O5. The van der Waals surface area contributed by atoms with Gasteiger partial charge in [-0.1, -0.05) is 60.7 Å². The summed E-state index contributed by atoms with van der Waals surface area (Å²) in [5.41, 5.74) is 6.14. The van der Waals surface area contributed by atoms with Gasteiger partial charge in [0, 0.05) is 31.0 Å². The molecule has 0 fully saturated rings. The minimum absolute atomic E-state index is 0.0491. The second-order valence-electron chi connectivity index (χ2n) is 8.68. The minimum atomic E-state index is -0.926. The maximum absolute atomic E-state index is 12.7. The van der Waals surface area contributed by atoms with E-state index in [9.17, 15) is 14.4 Å². The lowest BCUT2D eigenvalue weighted by atomic mass is 9.98. The number of rotatable bonds is 9. The number of anilines is 1. The van der Waals surface area contributed by atoms with Crippen molar-refractivity contribution in [3.63, 3.8) is 0 Å². The molecule has 1 unspecified atom stereocenters. The Hall–Kier alpha value is -4.13. The van der Waals surface area contributed by atoms with Crippen LogP contribution < -0.4 is 10.6 Å². The molecule has 1 aliphatic rings. The first kappa shape index (κ1) is 24.0. The number of carbonyl (C=O) groups is 3. The molecule has 2 amide bonds. The first-order chi connectivity index (χ1) is 16.9. The number of fused-ring (bicyclic) bond motifs is 3. The summed E-state index contributed by atoms with van der Waals surface area (Å²) in [5.74, 6) is -1.13. The normalized spacial score (nSPS) is 12.8. The molecule has 1 atom stereocenters. The van der Waals surface area contributed by atoms with E-state index in [2.05, 4.69) is 34.9 Å². The Bertz CT molecular complexity index is 1180. The van der Waals surface area contributed by atoms with Gasteiger partial charge in [-0.05, 0) is 52.8 Å². The summed E-state index contributed by atoms with van der Waals surface area (Å²) in [5, 5.41) is 14.7. The third kappa shape index (κ3) is 6.06. The van der Waals surface area contributed by atoms with Gasteiger partial charge in [0.15, 0.2) is 0 Å². The Morgan fingerprint density at radius 2 is 1.51 bits per heavy atom. The van der Waals surface area contributed by atoms with Crippen LogP contribution in [0.25, 0.3) is 11.1 Å². The molecule has 0 radical (unpaired) electrons. The number of amides is 2. The van der Waals surface area contributed by atoms with E-state index in [0.717, 1.165) is 27.8 Å². The average Bonchev–Trinajstić information content (AvgIpc) is 3.16. The predicted molar refractivity (Wildman–Crippen MR) is 133 cm³/mol. The Morgan fingerprint density at radius 1 is 0.914 bits per heavy atom. The Labute approximate surface area is 204 Å². The molecule has 1 aliphatic carbocycles. The number of aliphatic carboxylic acids is 1. The van der Waals surface area contributed by atoms with Crippen molar-refractivity contribution in [3.05, 3.63) is 89.5 Å². The standard InChI is InChI=1S/C28H28N2O5/c1-18(31)29-20-12-10-19(11-13-20)16-21(14-15-27(32)33)30-28(34)35-17-26-24-8-4-2-6-22(24)23-7-3-5-9-25(23)26/h2-13,21,26H,14-17H2,1H3,(H,29,31)(H,30,34)(H,32,33). The van der Waals surface area contributed by atoms with Crippen molar-refractivity contribution in [3.8, 4) is 11.1 Å². The number of nitrogens with one attached hydrogen (secondary N) is 2. The zero-order valence-corrected chi connectivity index (χ0v) is 19.5. The van der Waals surface area contributed by atoms with Crippen molar-refractivity contribution in [2.24, 2.45) is 0 Å². The van der Waals surface area contributed by atoms with Crippen LogP contribution >= 0.6 is 0 Å². The van der Waals surface area contributed by atoms with E-state index in [0.29, 0.717) is 12.1 Å². The highest BCUT2D eigenvalue weighted by Gasteiger charge is 2.29. The average molecular weight is 473 g/mol. The van der Waals surface area contributed by atoms with Gasteiger partial charge in [-0.3, -0.25) is 9.59 Å². The Balaban J connectivity index is 1.40. The largest absolute Gasteiger partial charge is 0.481 e. The van der Waals surface area contributed by atoms with Crippen molar-refractivity contribution in [2.45, 2.75) is 38.1 Å². The fraction of sp³-hybridized carbons (Fsp3) is 0.250. The molecule has 3 N–H and O–H groups in total. The second-order valence-corrected chi connectivity index (χ2v) is 8.68. The van der Waals surface area contributed by atoms with Crippen molar-refractivity contribution in [2.75, 3.05) is 11.9 Å². The third-order valence-electron chi connectivity index (χ3n) is 6.13. The zero-order chi connectivity index (χ0) is 24.8. The van der Waals surface area contributed by atoms with E-state index in [1.807, 2.05) is 36.4 Å². The first-order valence-electron chi connectivity index (χ1n) is 11.6. The zero-order valence-electron chi connectivity index (χ0n) is 19.5. The maximum atomic E-state index is 12.7. The number of hydrogen-bond donors (Lipinski definition) is 3. The number of carbonyl (C=O) groups excluding carboxylic acids is 2. The monoisotopic (exact) mass is 472 g/mol. The number of alkyl carbamates (subject to hydrolysis) is 1. The fourth-order valence-corrected chi connectivity index (χ4v) is 4.54. The van der Waals surface area contributed by atoms with Crippen molar-refractivity contribution >= 4 is 23.7 Å². The summed E-state index contributed by atoms with van der Waals surface area (Å²) in [6.45, 7) is 1.63. The van der Waals surface area contributed by atoms with Crippen molar-refractivity contribution in [1.29, 1.82) is 0 Å². The molecule has 0 aliphatic heterocycles. The van der Waals surface area contributed by atoms with Crippen LogP contribution in [0.5, 0.6) is 0 Å². The molecular weight excluding hydrogens is 444 g/mol. The van der Waals surface area contributed by atoms with Gasteiger partial charge in [0.05, 0.1) is 0 Å². The van der Waals surface area contributed by atoms with Crippen LogP contribution in [0.15, 0.2) is 72.8 Å². The SMILES string of the molecule is CC(=O)Nc1ccc(CC(CCC(=O)O)NC(=O)OCC2c3ccccc3-c3ccccc32)cc1. The molecule has 0 aromatic heterocycles. The van der Waals surface area contributed by atoms with Gasteiger partial charge >= 0.3 is 12.1 Å². The molecule has 7 heteroatoms. The van der Waals surface area contributed by atoms with Crippen LogP contribution in [0.4, 0.5) is 10.5 Å². The summed E-state index contributed by atoms with van der Waals surface area (Å²) in [6.07, 6.45) is 0.0699.